The van der Waals surface area contributed by atoms with Crippen molar-refractivity contribution in [3.05, 3.63) is 23.3 Å². The summed E-state index contributed by atoms with van der Waals surface area (Å²) in [4.78, 5) is 12.3. The van der Waals surface area contributed by atoms with E-state index in [1.807, 2.05) is 0 Å². The lowest BCUT2D eigenvalue weighted by atomic mass is 9.67. The van der Waals surface area contributed by atoms with Crippen LogP contribution in [0.25, 0.3) is 0 Å². The summed E-state index contributed by atoms with van der Waals surface area (Å²) in [6, 6.07) is 0. The highest BCUT2D eigenvalue weighted by Crippen LogP contribution is 2.42. The van der Waals surface area contributed by atoms with Crippen LogP contribution in [0.2, 0.25) is 0 Å². The molecule has 0 bridgehead atoms. The van der Waals surface area contributed by atoms with E-state index in [0.717, 1.165) is 12.0 Å². The Bertz CT molecular complexity index is 382. The quantitative estimate of drug-likeness (QED) is 0.484. The minimum Gasteiger partial charge on any atom is -0.295 e. The molecule has 0 aliphatic heterocycles. The summed E-state index contributed by atoms with van der Waals surface area (Å²) in [7, 11) is 0. The molecule has 0 N–H and O–H groups in total. The minimum atomic E-state index is 0.269. The van der Waals surface area contributed by atoms with Gasteiger partial charge in [-0.05, 0) is 43.1 Å². The van der Waals surface area contributed by atoms with Gasteiger partial charge >= 0.3 is 0 Å². The van der Waals surface area contributed by atoms with Gasteiger partial charge in [0.25, 0.3) is 0 Å². The average molecular weight is 262 g/mol. The molecule has 0 aromatic heterocycles. The minimum absolute atomic E-state index is 0.269. The maximum atomic E-state index is 12.3. The number of ketones is 1. The van der Waals surface area contributed by atoms with Gasteiger partial charge in [-0.25, -0.2) is 0 Å². The Kier molecular flexibility index (Phi) is 5.58. The van der Waals surface area contributed by atoms with Gasteiger partial charge in [0, 0.05) is 12.3 Å². The third-order valence-electron chi connectivity index (χ3n) is 4.35. The Morgan fingerprint density at radius 1 is 1.47 bits per heavy atom. The number of carbonyl (C=O) groups excluding carboxylic acids is 1. The fraction of sp³-hybridized carbons (Fsp3) is 0.722. The average Bonchev–Trinajstić information content (AvgIpc) is 2.27. The van der Waals surface area contributed by atoms with Gasteiger partial charge in [0.1, 0.15) is 0 Å². The second kappa shape index (κ2) is 6.54. The normalized spacial score (nSPS) is 23.4. The Labute approximate surface area is 119 Å². The highest BCUT2D eigenvalue weighted by atomic mass is 16.1. The summed E-state index contributed by atoms with van der Waals surface area (Å²) < 4.78 is 0. The first-order valence-electron chi connectivity index (χ1n) is 7.71. The molecule has 0 radical (unpaired) electrons. The van der Waals surface area contributed by atoms with E-state index in [0.29, 0.717) is 24.0 Å². The van der Waals surface area contributed by atoms with Crippen LogP contribution in [0.5, 0.6) is 0 Å². The molecule has 0 saturated carbocycles. The SMILES string of the molecule is CCCC(=O)C(=CC1C(C)=CCCC1(C)C)C(C)C. The Morgan fingerprint density at radius 2 is 2.11 bits per heavy atom. The van der Waals surface area contributed by atoms with Gasteiger partial charge in [-0.3, -0.25) is 4.79 Å². The van der Waals surface area contributed by atoms with Crippen LogP contribution >= 0.6 is 0 Å². The van der Waals surface area contributed by atoms with Crippen LogP contribution in [-0.2, 0) is 4.79 Å². The molecule has 0 aromatic rings. The molecule has 19 heavy (non-hydrogen) atoms. The van der Waals surface area contributed by atoms with E-state index in [1.165, 1.54) is 18.4 Å². The zero-order chi connectivity index (χ0) is 14.6. The summed E-state index contributed by atoms with van der Waals surface area (Å²) in [6.45, 7) is 13.2. The Balaban J connectivity index is 3.09. The van der Waals surface area contributed by atoms with Gasteiger partial charge in [-0.1, -0.05) is 52.3 Å². The molecular weight excluding hydrogens is 232 g/mol. The number of carbonyl (C=O) groups is 1. The zero-order valence-electron chi connectivity index (χ0n) is 13.5. The smallest absolute Gasteiger partial charge is 0.158 e. The first kappa shape index (κ1) is 16.2. The summed E-state index contributed by atoms with van der Waals surface area (Å²) >= 11 is 0. The third-order valence-corrected chi connectivity index (χ3v) is 4.35. The van der Waals surface area contributed by atoms with Crippen LogP contribution in [-0.4, -0.2) is 5.78 Å². The predicted octanol–water partition coefficient (Wildman–Crippen LogP) is 5.32. The summed E-state index contributed by atoms with van der Waals surface area (Å²) in [5.41, 5.74) is 2.74. The van der Waals surface area contributed by atoms with Crippen molar-refractivity contribution in [3.8, 4) is 0 Å². The van der Waals surface area contributed by atoms with E-state index in [-0.39, 0.29) is 5.41 Å². The van der Waals surface area contributed by atoms with E-state index in [2.05, 4.69) is 53.7 Å². The first-order chi connectivity index (χ1) is 8.79. The fourth-order valence-electron chi connectivity index (χ4n) is 3.09. The van der Waals surface area contributed by atoms with Crippen molar-refractivity contribution in [3.63, 3.8) is 0 Å². The van der Waals surface area contributed by atoms with E-state index in [9.17, 15) is 4.79 Å². The molecule has 1 rings (SSSR count). The molecule has 1 nitrogen and oxygen atoms in total. The molecule has 1 aliphatic carbocycles. The summed E-state index contributed by atoms with van der Waals surface area (Å²) in [5, 5.41) is 0. The largest absolute Gasteiger partial charge is 0.295 e. The summed E-state index contributed by atoms with van der Waals surface area (Å²) in [5.74, 6) is 1.08. The van der Waals surface area contributed by atoms with Crippen LogP contribution in [0.3, 0.4) is 0 Å². The monoisotopic (exact) mass is 262 g/mol. The van der Waals surface area contributed by atoms with Crippen molar-refractivity contribution in [1.29, 1.82) is 0 Å². The fourth-order valence-corrected chi connectivity index (χ4v) is 3.09. The molecule has 1 aliphatic rings. The standard InChI is InChI=1S/C18H30O/c1-7-9-17(19)15(13(2)3)12-16-14(4)10-8-11-18(16,5)6/h10,12-13,16H,7-9,11H2,1-6H3. The van der Waals surface area contributed by atoms with Gasteiger partial charge < -0.3 is 0 Å². The Morgan fingerprint density at radius 3 is 2.58 bits per heavy atom. The molecule has 0 fully saturated rings. The second-order valence-electron chi connectivity index (χ2n) is 6.90. The Hall–Kier alpha value is -0.850. The molecule has 0 heterocycles. The number of hydrogen-bond acceptors (Lipinski definition) is 1. The lowest BCUT2D eigenvalue weighted by Crippen LogP contribution is -2.27. The van der Waals surface area contributed by atoms with E-state index < -0.39 is 0 Å². The molecule has 0 amide bonds. The number of Topliss-reactive ketones (excluding diaryl/α,β-unsaturated/α-hetero) is 1. The molecule has 1 heteroatoms. The van der Waals surface area contributed by atoms with Crippen molar-refractivity contribution < 1.29 is 4.79 Å². The lowest BCUT2D eigenvalue weighted by Gasteiger charge is -2.37. The van der Waals surface area contributed by atoms with Gasteiger partial charge in [0.05, 0.1) is 0 Å². The predicted molar refractivity (Wildman–Crippen MR) is 83.1 cm³/mol. The van der Waals surface area contributed by atoms with Crippen molar-refractivity contribution >= 4 is 5.78 Å². The van der Waals surface area contributed by atoms with E-state index in [1.54, 1.807) is 0 Å². The van der Waals surface area contributed by atoms with Gasteiger partial charge in [-0.15, -0.1) is 0 Å². The molecule has 1 unspecified atom stereocenters. The van der Waals surface area contributed by atoms with E-state index >= 15 is 0 Å². The molecule has 0 aromatic carbocycles. The summed E-state index contributed by atoms with van der Waals surface area (Å²) in [6.07, 6.45) is 8.61. The first-order valence-corrected chi connectivity index (χ1v) is 7.71. The van der Waals surface area contributed by atoms with Crippen LogP contribution < -0.4 is 0 Å². The maximum absolute atomic E-state index is 12.3. The van der Waals surface area contributed by atoms with Crippen molar-refractivity contribution in [2.24, 2.45) is 17.3 Å². The number of hydrogen-bond donors (Lipinski definition) is 0. The molecule has 108 valence electrons. The van der Waals surface area contributed by atoms with Crippen molar-refractivity contribution in [2.75, 3.05) is 0 Å². The highest BCUT2D eigenvalue weighted by Gasteiger charge is 2.32. The molecule has 0 saturated heterocycles. The van der Waals surface area contributed by atoms with Crippen molar-refractivity contribution in [2.45, 2.75) is 67.2 Å². The molecule has 0 spiro atoms. The highest BCUT2D eigenvalue weighted by molar-refractivity contribution is 5.95. The van der Waals surface area contributed by atoms with Crippen molar-refractivity contribution in [1.82, 2.24) is 0 Å². The molecule has 1 atom stereocenters. The van der Waals surface area contributed by atoms with Crippen LogP contribution in [0.4, 0.5) is 0 Å². The third kappa shape index (κ3) is 4.06. The van der Waals surface area contributed by atoms with Gasteiger partial charge in [-0.2, -0.15) is 0 Å². The number of rotatable bonds is 5. The van der Waals surface area contributed by atoms with Gasteiger partial charge in [0.15, 0.2) is 5.78 Å². The van der Waals surface area contributed by atoms with Crippen LogP contribution in [0, 0.1) is 17.3 Å². The number of allylic oxidation sites excluding steroid dienone is 4. The van der Waals surface area contributed by atoms with Gasteiger partial charge in [0.2, 0.25) is 0 Å². The lowest BCUT2D eigenvalue weighted by molar-refractivity contribution is -0.116. The van der Waals surface area contributed by atoms with E-state index in [4.69, 9.17) is 0 Å². The van der Waals surface area contributed by atoms with Crippen LogP contribution in [0.1, 0.15) is 67.2 Å². The van der Waals surface area contributed by atoms with Crippen LogP contribution in [0.15, 0.2) is 23.3 Å². The maximum Gasteiger partial charge on any atom is 0.158 e. The second-order valence-corrected chi connectivity index (χ2v) is 6.90. The zero-order valence-corrected chi connectivity index (χ0v) is 13.5. The molecular formula is C18H30O. The topological polar surface area (TPSA) is 17.1 Å².